The summed E-state index contributed by atoms with van der Waals surface area (Å²) in [5.41, 5.74) is 2.50. The van der Waals surface area contributed by atoms with Crippen LogP contribution in [0.3, 0.4) is 0 Å². The molecule has 118 valence electrons. The Morgan fingerprint density at radius 3 is 3.04 bits per heavy atom. The van der Waals surface area contributed by atoms with Crippen LogP contribution in [0.1, 0.15) is 23.3 Å². The van der Waals surface area contributed by atoms with E-state index in [1.54, 1.807) is 11.3 Å². The maximum atomic E-state index is 12.6. The molecule has 0 saturated carbocycles. The Morgan fingerprint density at radius 1 is 1.26 bits per heavy atom. The van der Waals surface area contributed by atoms with Crippen molar-refractivity contribution in [1.29, 1.82) is 0 Å². The highest BCUT2D eigenvalue weighted by Gasteiger charge is 2.29. The molecule has 1 unspecified atom stereocenters. The maximum Gasteiger partial charge on any atom is 0.228 e. The van der Waals surface area contributed by atoms with Crippen LogP contribution in [0.2, 0.25) is 0 Å². The number of para-hydroxylation sites is 1. The smallest absolute Gasteiger partial charge is 0.228 e. The number of aromatic amines is 1. The summed E-state index contributed by atoms with van der Waals surface area (Å²) in [7, 11) is 0. The number of aromatic nitrogens is 1. The van der Waals surface area contributed by atoms with Gasteiger partial charge < -0.3 is 9.88 Å². The van der Waals surface area contributed by atoms with Gasteiger partial charge in [-0.1, -0.05) is 24.3 Å². The summed E-state index contributed by atoms with van der Waals surface area (Å²) in [5, 5.41) is 3.32. The minimum atomic E-state index is 0.273. The molecule has 3 nitrogen and oxygen atoms in total. The van der Waals surface area contributed by atoms with Crippen LogP contribution < -0.4 is 0 Å². The fraction of sp³-hybridized carbons (Fsp3) is 0.316. The third kappa shape index (κ3) is 2.91. The Hall–Kier alpha value is -2.07. The van der Waals surface area contributed by atoms with Crippen molar-refractivity contribution in [2.24, 2.45) is 0 Å². The molecule has 0 bridgehead atoms. The van der Waals surface area contributed by atoms with Crippen molar-refractivity contribution in [2.75, 3.05) is 6.54 Å². The zero-order valence-corrected chi connectivity index (χ0v) is 13.8. The number of likely N-dealkylation sites (tertiary alicyclic amines) is 1. The van der Waals surface area contributed by atoms with Gasteiger partial charge in [-0.25, -0.2) is 0 Å². The Labute approximate surface area is 139 Å². The Bertz CT molecular complexity index is 806. The zero-order valence-electron chi connectivity index (χ0n) is 13.0. The average Bonchev–Trinajstić information content (AvgIpc) is 3.29. The first-order chi connectivity index (χ1) is 11.3. The van der Waals surface area contributed by atoms with Crippen molar-refractivity contribution in [2.45, 2.75) is 31.7 Å². The largest absolute Gasteiger partial charge is 0.361 e. The average molecular weight is 324 g/mol. The third-order valence-electron chi connectivity index (χ3n) is 4.73. The van der Waals surface area contributed by atoms with Gasteiger partial charge in [-0.05, 0) is 42.3 Å². The number of carbonyl (C=O) groups excluding carboxylic acids is 1. The molecule has 0 aliphatic carbocycles. The minimum absolute atomic E-state index is 0.273. The fourth-order valence-electron chi connectivity index (χ4n) is 3.59. The number of fused-ring (bicyclic) bond motifs is 1. The van der Waals surface area contributed by atoms with Crippen molar-refractivity contribution in [1.82, 2.24) is 9.88 Å². The predicted octanol–water partition coefficient (Wildman–Crippen LogP) is 4.01. The molecule has 3 heterocycles. The summed E-state index contributed by atoms with van der Waals surface area (Å²) in [6, 6.07) is 12.8. The Morgan fingerprint density at radius 2 is 2.17 bits per heavy atom. The molecule has 1 aliphatic heterocycles. The van der Waals surface area contributed by atoms with Crippen LogP contribution in [0.25, 0.3) is 10.9 Å². The van der Waals surface area contributed by atoms with Crippen molar-refractivity contribution < 1.29 is 4.79 Å². The van der Waals surface area contributed by atoms with E-state index < -0.39 is 0 Å². The molecule has 4 rings (SSSR count). The fourth-order valence-corrected chi connectivity index (χ4v) is 4.29. The van der Waals surface area contributed by atoms with E-state index in [-0.39, 0.29) is 5.91 Å². The summed E-state index contributed by atoms with van der Waals surface area (Å²) in [4.78, 5) is 19.2. The molecule has 1 aliphatic rings. The minimum Gasteiger partial charge on any atom is -0.361 e. The molecule has 23 heavy (non-hydrogen) atoms. The molecule has 1 fully saturated rings. The van der Waals surface area contributed by atoms with Crippen LogP contribution >= 0.6 is 11.3 Å². The number of nitrogens with one attached hydrogen (secondary N) is 1. The number of hydrogen-bond acceptors (Lipinski definition) is 2. The second-order valence-electron chi connectivity index (χ2n) is 6.20. The van der Waals surface area contributed by atoms with Crippen LogP contribution in [-0.4, -0.2) is 28.4 Å². The summed E-state index contributed by atoms with van der Waals surface area (Å²) < 4.78 is 0. The quantitative estimate of drug-likeness (QED) is 0.773. The van der Waals surface area contributed by atoms with Gasteiger partial charge in [-0.2, -0.15) is 0 Å². The first-order valence-electron chi connectivity index (χ1n) is 8.18. The van der Waals surface area contributed by atoms with Gasteiger partial charge in [-0.3, -0.25) is 4.79 Å². The molecular weight excluding hydrogens is 304 g/mol. The van der Waals surface area contributed by atoms with Crippen LogP contribution in [0, 0.1) is 0 Å². The van der Waals surface area contributed by atoms with Crippen LogP contribution in [0.4, 0.5) is 0 Å². The van der Waals surface area contributed by atoms with Gasteiger partial charge in [0.1, 0.15) is 0 Å². The highest BCUT2D eigenvalue weighted by atomic mass is 32.1. The second-order valence-corrected chi connectivity index (χ2v) is 7.24. The molecule has 0 radical (unpaired) electrons. The normalized spacial score (nSPS) is 17.9. The van der Waals surface area contributed by atoms with E-state index in [1.165, 1.54) is 16.5 Å². The standard InChI is InChI=1S/C19H20N2OS/c22-19(12-16-6-4-10-23-16)21-9-3-5-15(21)11-14-13-20-18-8-2-1-7-17(14)18/h1-2,4,6-8,10,13,15,20H,3,5,9,11-12H2. The number of H-pyrrole nitrogens is 1. The van der Waals surface area contributed by atoms with Crippen molar-refractivity contribution >= 4 is 28.1 Å². The topological polar surface area (TPSA) is 36.1 Å². The maximum absolute atomic E-state index is 12.6. The zero-order chi connectivity index (χ0) is 15.6. The van der Waals surface area contributed by atoms with E-state index in [2.05, 4.69) is 40.3 Å². The van der Waals surface area contributed by atoms with Gasteiger partial charge >= 0.3 is 0 Å². The van der Waals surface area contributed by atoms with E-state index in [0.29, 0.717) is 12.5 Å². The lowest BCUT2D eigenvalue weighted by Crippen LogP contribution is -2.37. The van der Waals surface area contributed by atoms with Gasteiger partial charge in [0.05, 0.1) is 6.42 Å². The number of amides is 1. The monoisotopic (exact) mass is 324 g/mol. The van der Waals surface area contributed by atoms with Gasteiger partial charge in [0.2, 0.25) is 5.91 Å². The number of carbonyl (C=O) groups is 1. The van der Waals surface area contributed by atoms with Gasteiger partial charge in [0.25, 0.3) is 0 Å². The summed E-state index contributed by atoms with van der Waals surface area (Å²) in [6.45, 7) is 0.900. The molecule has 3 aromatic rings. The van der Waals surface area contributed by atoms with Crippen LogP contribution in [0.15, 0.2) is 48.0 Å². The van der Waals surface area contributed by atoms with Crippen molar-refractivity contribution in [3.8, 4) is 0 Å². The lowest BCUT2D eigenvalue weighted by molar-refractivity contribution is -0.131. The second kappa shape index (κ2) is 6.20. The van der Waals surface area contributed by atoms with Gasteiger partial charge in [-0.15, -0.1) is 11.3 Å². The van der Waals surface area contributed by atoms with E-state index in [0.717, 1.165) is 30.7 Å². The molecule has 0 spiro atoms. The lowest BCUT2D eigenvalue weighted by Gasteiger charge is -2.24. The SMILES string of the molecule is O=C(Cc1cccs1)N1CCCC1Cc1c[nH]c2ccccc12. The highest BCUT2D eigenvalue weighted by Crippen LogP contribution is 2.26. The number of benzene rings is 1. The summed E-state index contributed by atoms with van der Waals surface area (Å²) in [6.07, 6.45) is 5.81. The lowest BCUT2D eigenvalue weighted by atomic mass is 10.0. The van der Waals surface area contributed by atoms with Gasteiger partial charge in [0.15, 0.2) is 0 Å². The third-order valence-corrected chi connectivity index (χ3v) is 5.61. The summed E-state index contributed by atoms with van der Waals surface area (Å²) >= 11 is 1.67. The van der Waals surface area contributed by atoms with E-state index >= 15 is 0 Å². The highest BCUT2D eigenvalue weighted by molar-refractivity contribution is 7.10. The Balaban J connectivity index is 1.50. The number of rotatable bonds is 4. The van der Waals surface area contributed by atoms with Crippen molar-refractivity contribution in [3.05, 3.63) is 58.4 Å². The predicted molar refractivity (Wildman–Crippen MR) is 94.8 cm³/mol. The molecule has 1 saturated heterocycles. The first-order valence-corrected chi connectivity index (χ1v) is 9.06. The molecule has 1 atom stereocenters. The van der Waals surface area contributed by atoms with E-state index in [1.807, 2.05) is 17.5 Å². The summed E-state index contributed by atoms with van der Waals surface area (Å²) in [5.74, 6) is 0.273. The van der Waals surface area contributed by atoms with Gasteiger partial charge in [0, 0.05) is 34.6 Å². The molecular formula is C19H20N2OS. The van der Waals surface area contributed by atoms with E-state index in [9.17, 15) is 4.79 Å². The molecule has 2 aromatic heterocycles. The number of thiophene rings is 1. The number of hydrogen-bond donors (Lipinski definition) is 1. The van der Waals surface area contributed by atoms with E-state index in [4.69, 9.17) is 0 Å². The first kappa shape index (κ1) is 14.5. The molecule has 4 heteroatoms. The Kier molecular flexibility index (Phi) is 3.92. The molecule has 1 aromatic carbocycles. The number of nitrogens with zero attached hydrogens (tertiary/aromatic N) is 1. The van der Waals surface area contributed by atoms with Crippen LogP contribution in [-0.2, 0) is 17.6 Å². The molecule has 1 N–H and O–H groups in total. The van der Waals surface area contributed by atoms with Crippen molar-refractivity contribution in [3.63, 3.8) is 0 Å². The van der Waals surface area contributed by atoms with Crippen LogP contribution in [0.5, 0.6) is 0 Å². The molecule has 1 amide bonds.